The first kappa shape index (κ1) is 13.3. The Morgan fingerprint density at radius 1 is 1.23 bits per heavy atom. The Kier molecular flexibility index (Phi) is 2.76. The fourth-order valence-electron chi connectivity index (χ4n) is 3.69. The molecule has 1 spiro atoms. The second-order valence-electron chi connectivity index (χ2n) is 6.57. The van der Waals surface area contributed by atoms with Gasteiger partial charge in [-0.05, 0) is 56.0 Å². The normalized spacial score (nSPS) is 21.9. The predicted octanol–water partition coefficient (Wildman–Crippen LogP) is 2.89. The topological polar surface area (TPSA) is 54.0 Å². The van der Waals surface area contributed by atoms with E-state index in [1.165, 1.54) is 11.1 Å². The highest BCUT2D eigenvalue weighted by atomic mass is 16.2. The average molecular weight is 293 g/mol. The van der Waals surface area contributed by atoms with E-state index in [1.54, 1.807) is 6.20 Å². The van der Waals surface area contributed by atoms with Crippen molar-refractivity contribution in [3.8, 4) is 0 Å². The Balaban J connectivity index is 1.74. The first-order chi connectivity index (χ1) is 10.6. The quantitative estimate of drug-likeness (QED) is 0.895. The fraction of sp³-hybridized carbons (Fsp3) is 0.333. The van der Waals surface area contributed by atoms with Gasteiger partial charge in [-0.3, -0.25) is 4.79 Å². The lowest BCUT2D eigenvalue weighted by molar-refractivity contribution is -0.120. The van der Waals surface area contributed by atoms with Crippen molar-refractivity contribution in [2.75, 3.05) is 10.6 Å². The predicted molar refractivity (Wildman–Crippen MR) is 87.2 cm³/mol. The van der Waals surface area contributed by atoms with E-state index in [4.69, 9.17) is 0 Å². The SMILES string of the molecule is CC(C)Nc1ccc2c(c1)CC1(C2)C(=O)Nc2ncccc21. The lowest BCUT2D eigenvalue weighted by Gasteiger charge is -2.20. The van der Waals surface area contributed by atoms with Crippen molar-refractivity contribution in [3.63, 3.8) is 0 Å². The van der Waals surface area contributed by atoms with Crippen molar-refractivity contribution in [2.24, 2.45) is 0 Å². The van der Waals surface area contributed by atoms with E-state index >= 15 is 0 Å². The molecular formula is C18H19N3O. The third-order valence-electron chi connectivity index (χ3n) is 4.64. The number of carbonyl (C=O) groups excluding carboxylic acids is 1. The minimum absolute atomic E-state index is 0.0794. The molecule has 0 fully saturated rings. The van der Waals surface area contributed by atoms with Crippen molar-refractivity contribution in [1.82, 2.24) is 4.98 Å². The smallest absolute Gasteiger partial charge is 0.237 e. The van der Waals surface area contributed by atoms with E-state index in [2.05, 4.69) is 47.7 Å². The van der Waals surface area contributed by atoms with Crippen LogP contribution in [0.1, 0.15) is 30.5 Å². The average Bonchev–Trinajstić information content (AvgIpc) is 2.98. The van der Waals surface area contributed by atoms with Gasteiger partial charge in [0.15, 0.2) is 0 Å². The number of benzene rings is 1. The van der Waals surface area contributed by atoms with Crippen LogP contribution in [0.3, 0.4) is 0 Å². The summed E-state index contributed by atoms with van der Waals surface area (Å²) < 4.78 is 0. The number of aromatic nitrogens is 1. The molecule has 112 valence electrons. The molecule has 1 atom stereocenters. The summed E-state index contributed by atoms with van der Waals surface area (Å²) in [5, 5.41) is 6.38. The molecule has 1 unspecified atom stereocenters. The van der Waals surface area contributed by atoms with Crippen molar-refractivity contribution in [3.05, 3.63) is 53.2 Å². The van der Waals surface area contributed by atoms with Gasteiger partial charge in [0.2, 0.25) is 5.91 Å². The van der Waals surface area contributed by atoms with E-state index in [-0.39, 0.29) is 5.91 Å². The van der Waals surface area contributed by atoms with Crippen LogP contribution < -0.4 is 10.6 Å². The maximum Gasteiger partial charge on any atom is 0.237 e. The number of rotatable bonds is 2. The molecule has 1 aliphatic heterocycles. The number of carbonyl (C=O) groups is 1. The lowest BCUT2D eigenvalue weighted by atomic mass is 9.79. The van der Waals surface area contributed by atoms with Crippen LogP contribution in [-0.2, 0) is 23.1 Å². The molecule has 4 heteroatoms. The van der Waals surface area contributed by atoms with Gasteiger partial charge in [-0.1, -0.05) is 12.1 Å². The molecule has 4 rings (SSSR count). The highest BCUT2D eigenvalue weighted by molar-refractivity contribution is 6.06. The Morgan fingerprint density at radius 3 is 2.86 bits per heavy atom. The number of fused-ring (bicyclic) bond motifs is 3. The van der Waals surface area contributed by atoms with Gasteiger partial charge in [0.25, 0.3) is 0 Å². The molecule has 2 aliphatic rings. The Bertz CT molecular complexity index is 769. The van der Waals surface area contributed by atoms with Gasteiger partial charge >= 0.3 is 0 Å². The van der Waals surface area contributed by atoms with Crippen LogP contribution in [-0.4, -0.2) is 16.9 Å². The Labute approximate surface area is 130 Å². The number of anilines is 2. The van der Waals surface area contributed by atoms with E-state index in [0.717, 1.165) is 29.9 Å². The van der Waals surface area contributed by atoms with E-state index in [9.17, 15) is 4.79 Å². The molecule has 0 saturated carbocycles. The van der Waals surface area contributed by atoms with Crippen molar-refractivity contribution in [1.29, 1.82) is 0 Å². The zero-order valence-electron chi connectivity index (χ0n) is 12.8. The maximum absolute atomic E-state index is 12.6. The fourth-order valence-corrected chi connectivity index (χ4v) is 3.69. The van der Waals surface area contributed by atoms with E-state index in [1.807, 2.05) is 12.1 Å². The van der Waals surface area contributed by atoms with Gasteiger partial charge < -0.3 is 10.6 Å². The first-order valence-electron chi connectivity index (χ1n) is 7.74. The number of hydrogen-bond acceptors (Lipinski definition) is 3. The second kappa shape index (κ2) is 4.57. The minimum atomic E-state index is -0.470. The number of nitrogens with zero attached hydrogens (tertiary/aromatic N) is 1. The van der Waals surface area contributed by atoms with E-state index < -0.39 is 5.41 Å². The van der Waals surface area contributed by atoms with Crippen LogP contribution in [0.5, 0.6) is 0 Å². The van der Waals surface area contributed by atoms with Gasteiger partial charge in [-0.25, -0.2) is 4.98 Å². The standard InChI is InChI=1S/C18H19N3O/c1-11(2)20-14-6-5-12-9-18(10-13(12)8-14)15-4-3-7-19-16(15)21-17(18)22/h3-8,11,20H,9-10H2,1-2H3,(H,19,21,22). The summed E-state index contributed by atoms with van der Waals surface area (Å²) in [6.07, 6.45) is 3.24. The third-order valence-corrected chi connectivity index (χ3v) is 4.64. The zero-order valence-corrected chi connectivity index (χ0v) is 12.8. The number of pyridine rings is 1. The van der Waals surface area contributed by atoms with Crippen LogP contribution in [0.4, 0.5) is 11.5 Å². The first-order valence-corrected chi connectivity index (χ1v) is 7.74. The summed E-state index contributed by atoms with van der Waals surface area (Å²) >= 11 is 0. The highest BCUT2D eigenvalue weighted by Gasteiger charge is 2.50. The molecule has 1 aliphatic carbocycles. The van der Waals surface area contributed by atoms with Gasteiger partial charge in [-0.2, -0.15) is 0 Å². The van der Waals surface area contributed by atoms with Gasteiger partial charge in [0.05, 0.1) is 5.41 Å². The summed E-state index contributed by atoms with van der Waals surface area (Å²) in [7, 11) is 0. The molecular weight excluding hydrogens is 274 g/mol. The Morgan fingerprint density at radius 2 is 2.05 bits per heavy atom. The molecule has 1 amide bonds. The van der Waals surface area contributed by atoms with Gasteiger partial charge in [0.1, 0.15) is 5.82 Å². The van der Waals surface area contributed by atoms with Gasteiger partial charge in [-0.15, -0.1) is 0 Å². The van der Waals surface area contributed by atoms with Crippen LogP contribution in [0.25, 0.3) is 0 Å². The van der Waals surface area contributed by atoms with Crippen LogP contribution in [0.15, 0.2) is 36.5 Å². The zero-order chi connectivity index (χ0) is 15.3. The Hall–Kier alpha value is -2.36. The lowest BCUT2D eigenvalue weighted by Crippen LogP contribution is -2.35. The summed E-state index contributed by atoms with van der Waals surface area (Å²) in [5.41, 5.74) is 4.21. The highest BCUT2D eigenvalue weighted by Crippen LogP contribution is 2.46. The van der Waals surface area contributed by atoms with E-state index in [0.29, 0.717) is 6.04 Å². The van der Waals surface area contributed by atoms with Crippen molar-refractivity contribution < 1.29 is 4.79 Å². The number of nitrogens with one attached hydrogen (secondary N) is 2. The number of hydrogen-bond donors (Lipinski definition) is 2. The molecule has 4 nitrogen and oxygen atoms in total. The number of amides is 1. The molecule has 0 bridgehead atoms. The third kappa shape index (κ3) is 1.83. The van der Waals surface area contributed by atoms with Gasteiger partial charge in [0, 0.05) is 23.5 Å². The van der Waals surface area contributed by atoms with Crippen LogP contribution in [0, 0.1) is 0 Å². The summed E-state index contributed by atoms with van der Waals surface area (Å²) in [6.45, 7) is 4.25. The summed E-state index contributed by atoms with van der Waals surface area (Å²) in [4.78, 5) is 16.9. The molecule has 1 aromatic carbocycles. The largest absolute Gasteiger partial charge is 0.383 e. The minimum Gasteiger partial charge on any atom is -0.383 e. The summed E-state index contributed by atoms with van der Waals surface area (Å²) in [5.74, 6) is 0.802. The van der Waals surface area contributed by atoms with Crippen molar-refractivity contribution in [2.45, 2.75) is 38.1 Å². The molecule has 22 heavy (non-hydrogen) atoms. The second-order valence-corrected chi connectivity index (χ2v) is 6.57. The van der Waals surface area contributed by atoms with Crippen LogP contribution in [0.2, 0.25) is 0 Å². The van der Waals surface area contributed by atoms with Crippen molar-refractivity contribution >= 4 is 17.4 Å². The molecule has 1 aromatic heterocycles. The maximum atomic E-state index is 12.6. The van der Waals surface area contributed by atoms with Crippen LogP contribution >= 0.6 is 0 Å². The summed E-state index contributed by atoms with van der Waals surface area (Å²) in [6, 6.07) is 10.8. The molecule has 2 heterocycles. The molecule has 2 N–H and O–H groups in total. The molecule has 2 aromatic rings. The monoisotopic (exact) mass is 293 g/mol. The molecule has 0 saturated heterocycles. The molecule has 0 radical (unpaired) electrons.